The fourth-order valence-corrected chi connectivity index (χ4v) is 24.5. The standard InChI is InChI=1S/C26H35N5O2S2.C25H33N5O2S2.C24H33N7O2S2.C24H31N5O2S2/c1-5-22-24(18(3)34-26-28-17(2)15-23(27)29-26)30-25(35-22)19-9-10-20(32-4)21(16-19)33-14-13-31-11-7-6-8-12-31;1-5-21-23(17(3)33-25-27-16(2)14-22(26)28-25)29-24(34-21)18-8-9-19(31-4)20(15-18)32-13-12-30-10-6-7-11-30;1-15-22(16(2)35-24-27-20(25)14-21(26)28-24)29-23(34-15)17-5-6-18(32-4)19(13-17)33-12-11-31-9-7-30(3)8-10-31;1-5-20-22(16(3)32-24-26-15(2)13-21(25)27-24)28-23(33-20)17-7-8-18(30-4)19(14-17)31-12-11-29-9-6-10-29/h9-10,15-16,18H,5-8,11-14H2,1-4H3,(H2,27,28,29);8-9,14-15,17H,5-7,10-13H2,1-4H3,(H2,26,27,28);5-6,13-14,16H,7-12H2,1-4H3,(H4,25,26,27,28);7-8,13-14,16H,5-6,9-12H2,1-4H3,(H2,25,26,27)/t18-;17-;2*16-/m0000/s1. The molecular formula is C99H132N22O8S8. The summed E-state index contributed by atoms with van der Waals surface area (Å²) in [7, 11) is 8.86. The summed E-state index contributed by atoms with van der Waals surface area (Å²) in [5.41, 5.74) is 40.3. The summed E-state index contributed by atoms with van der Waals surface area (Å²) >= 11 is 13.1. The molecule has 16 rings (SSSR count). The summed E-state index contributed by atoms with van der Waals surface area (Å²) in [5.74, 6) is 8.19. The second kappa shape index (κ2) is 51.5. The quantitative estimate of drug-likeness (QED) is 0.0176. The topological polar surface area (TPSA) is 375 Å². The number of methoxy groups -OCH3 is 4. The van der Waals surface area contributed by atoms with E-state index in [2.05, 4.69) is 145 Å². The van der Waals surface area contributed by atoms with E-state index in [0.717, 1.165) is 205 Å². The molecule has 0 amide bonds. The Labute approximate surface area is 839 Å². The van der Waals surface area contributed by atoms with Gasteiger partial charge in [-0.3, -0.25) is 19.6 Å². The summed E-state index contributed by atoms with van der Waals surface area (Å²) in [6.07, 6.45) is 10.5. The maximum atomic E-state index is 6.18. The lowest BCUT2D eigenvalue weighted by Crippen LogP contribution is -2.45. The van der Waals surface area contributed by atoms with Crippen LogP contribution >= 0.6 is 92.4 Å². The Morgan fingerprint density at radius 2 is 0.569 bits per heavy atom. The highest BCUT2D eigenvalue weighted by molar-refractivity contribution is 8.00. The number of ether oxygens (including phenoxy) is 8. The lowest BCUT2D eigenvalue weighted by molar-refractivity contribution is 0.133. The first-order chi connectivity index (χ1) is 66.2. The van der Waals surface area contributed by atoms with Crippen LogP contribution in [0.25, 0.3) is 42.3 Å². The number of nitrogen functional groups attached to an aromatic ring is 5. The predicted molar refractivity (Wildman–Crippen MR) is 564 cm³/mol. The van der Waals surface area contributed by atoms with Crippen molar-refractivity contribution in [2.24, 2.45) is 0 Å². The van der Waals surface area contributed by atoms with Gasteiger partial charge in [0.05, 0.1) is 72.2 Å². The zero-order valence-electron chi connectivity index (χ0n) is 81.7. The maximum absolute atomic E-state index is 6.18. The average molecular weight is 2010 g/mol. The van der Waals surface area contributed by atoms with E-state index in [-0.39, 0.29) is 21.0 Å². The molecule has 0 unspecified atom stereocenters. The van der Waals surface area contributed by atoms with Gasteiger partial charge in [-0.1, -0.05) is 74.2 Å². The molecule has 0 spiro atoms. The number of benzene rings is 4. The van der Waals surface area contributed by atoms with Gasteiger partial charge in [-0.15, -0.1) is 45.3 Å². The van der Waals surface area contributed by atoms with Crippen LogP contribution in [0.2, 0.25) is 0 Å². The number of piperazine rings is 1. The highest BCUT2D eigenvalue weighted by Gasteiger charge is 2.28. The first kappa shape index (κ1) is 105. The zero-order chi connectivity index (χ0) is 97.2. The van der Waals surface area contributed by atoms with Crippen LogP contribution in [0, 0.1) is 27.7 Å². The number of aryl methyl sites for hydroxylation is 7. The fourth-order valence-electron chi connectivity index (χ4n) is 16.0. The van der Waals surface area contributed by atoms with E-state index in [1.165, 1.54) is 104 Å². The first-order valence-corrected chi connectivity index (χ1v) is 53.7. The number of hydrogen-bond donors (Lipinski definition) is 5. The highest BCUT2D eigenvalue weighted by atomic mass is 32.2. The number of nitrogens with zero attached hydrogens (tertiary/aromatic N) is 17. The Bertz CT molecular complexity index is 5820. The molecule has 0 aliphatic carbocycles. The Morgan fingerprint density at radius 1 is 0.307 bits per heavy atom. The van der Waals surface area contributed by atoms with Gasteiger partial charge in [0.2, 0.25) is 0 Å². The van der Waals surface area contributed by atoms with Crippen molar-refractivity contribution in [3.63, 3.8) is 0 Å². The van der Waals surface area contributed by atoms with E-state index in [9.17, 15) is 0 Å². The largest absolute Gasteiger partial charge is 0.493 e. The van der Waals surface area contributed by atoms with Gasteiger partial charge < -0.3 is 71.5 Å². The van der Waals surface area contributed by atoms with Crippen LogP contribution < -0.4 is 66.6 Å². The number of thioether (sulfide) groups is 4. The van der Waals surface area contributed by atoms with Crippen LogP contribution in [0.5, 0.6) is 46.0 Å². The van der Waals surface area contributed by atoms with E-state index in [1.807, 2.05) is 75.4 Å². The minimum atomic E-state index is 0.0405. The second-order valence-corrected chi connectivity index (χ2v) is 43.5. The van der Waals surface area contributed by atoms with E-state index in [1.54, 1.807) is 133 Å². The summed E-state index contributed by atoms with van der Waals surface area (Å²) in [5, 5.41) is 6.83. The molecule has 137 heavy (non-hydrogen) atoms. The van der Waals surface area contributed by atoms with Crippen LogP contribution in [0.3, 0.4) is 0 Å². The number of anilines is 5. The Balaban J connectivity index is 0.000000154. The molecular weight excluding hydrogens is 1880 g/mol. The normalized spacial score (nSPS) is 15.2. The van der Waals surface area contributed by atoms with Crippen molar-refractivity contribution >= 4 is 121 Å². The molecule has 0 bridgehead atoms. The van der Waals surface area contributed by atoms with Crippen molar-refractivity contribution in [2.75, 3.05) is 182 Å². The molecule has 4 atom stereocenters. The number of likely N-dealkylation sites (tertiary alicyclic amines) is 3. The van der Waals surface area contributed by atoms with Gasteiger partial charge in [0.25, 0.3) is 0 Å². The van der Waals surface area contributed by atoms with E-state index in [0.29, 0.717) is 76.1 Å². The lowest BCUT2D eigenvalue weighted by atomic mass is 10.1. The predicted octanol–water partition coefficient (Wildman–Crippen LogP) is 19.7. The summed E-state index contributed by atoms with van der Waals surface area (Å²) in [6.45, 7) is 40.5. The van der Waals surface area contributed by atoms with Gasteiger partial charge in [-0.05, 0) is 226 Å². The molecule has 12 aromatic rings. The number of nitrogens with two attached hydrogens (primary N) is 5. The monoisotopic (exact) mass is 2010 g/mol. The van der Waals surface area contributed by atoms with E-state index < -0.39 is 0 Å². The number of piperidine rings is 1. The first-order valence-electron chi connectivity index (χ1n) is 46.9. The van der Waals surface area contributed by atoms with Gasteiger partial charge in [-0.25, -0.2) is 59.8 Å². The van der Waals surface area contributed by atoms with Crippen molar-refractivity contribution in [1.82, 2.24) is 84.3 Å². The third-order valence-electron chi connectivity index (χ3n) is 23.4. The van der Waals surface area contributed by atoms with Crippen LogP contribution in [0.4, 0.5) is 29.1 Å². The molecule has 4 saturated heterocycles. The van der Waals surface area contributed by atoms with Crippen LogP contribution in [0.1, 0.15) is 167 Å². The molecule has 734 valence electrons. The number of hydrogen-bond acceptors (Lipinski definition) is 38. The van der Waals surface area contributed by atoms with E-state index in [4.69, 9.17) is 86.5 Å². The minimum absolute atomic E-state index is 0.0405. The van der Waals surface area contributed by atoms with Crippen molar-refractivity contribution in [3.8, 4) is 88.3 Å². The third kappa shape index (κ3) is 29.9. The van der Waals surface area contributed by atoms with Crippen molar-refractivity contribution in [1.29, 1.82) is 0 Å². The van der Waals surface area contributed by atoms with Crippen LogP contribution in [0.15, 0.2) is 118 Å². The molecule has 4 aliphatic heterocycles. The van der Waals surface area contributed by atoms with Crippen molar-refractivity contribution < 1.29 is 37.9 Å². The van der Waals surface area contributed by atoms with Crippen LogP contribution in [-0.4, -0.2) is 238 Å². The Morgan fingerprint density at radius 3 is 0.854 bits per heavy atom. The van der Waals surface area contributed by atoms with Crippen molar-refractivity contribution in [2.45, 2.75) is 176 Å². The number of likely N-dealkylation sites (N-methyl/N-ethyl adjacent to an activating group) is 1. The molecule has 12 heterocycles. The molecule has 8 aromatic heterocycles. The summed E-state index contributed by atoms with van der Waals surface area (Å²) in [4.78, 5) is 72.4. The SMILES string of the molecule is CCc1sc(-c2ccc(OC)c(OCCN3CCC3)c2)nc1[C@H](C)Sc1nc(C)cc(N)n1.CCc1sc(-c2ccc(OC)c(OCCN3CCCC3)c2)nc1[C@H](C)Sc1nc(C)cc(N)n1.CCc1sc(-c2ccc(OC)c(OCCN3CCCCC3)c2)nc1[C@H](C)Sc1nc(C)cc(N)n1.COc1ccc(-c2nc([C@H](C)Sc3nc(N)cc(N)n3)c(C)s2)cc1OCCN1CCN(C)CC1. The minimum Gasteiger partial charge on any atom is -0.493 e. The molecule has 10 N–H and O–H groups in total. The van der Waals surface area contributed by atoms with Crippen LogP contribution in [-0.2, 0) is 19.3 Å². The molecule has 30 nitrogen and oxygen atoms in total. The third-order valence-corrected chi connectivity index (χ3v) is 32.2. The van der Waals surface area contributed by atoms with E-state index >= 15 is 0 Å². The molecule has 0 saturated carbocycles. The van der Waals surface area contributed by atoms with Gasteiger partial charge in [0.1, 0.15) is 75.5 Å². The Hall–Kier alpha value is -9.68. The average Bonchev–Trinajstić information content (AvgIpc) is 1.68. The fraction of sp³-hybridized carbons (Fsp3) is 0.475. The lowest BCUT2D eigenvalue weighted by Gasteiger charge is -2.32. The molecule has 0 radical (unpaired) electrons. The number of aromatic nitrogens is 12. The Kier molecular flexibility index (Phi) is 39.3. The molecule has 4 aliphatic rings. The number of rotatable bonds is 39. The van der Waals surface area contributed by atoms with Gasteiger partial charge >= 0.3 is 0 Å². The van der Waals surface area contributed by atoms with Gasteiger partial charge in [0, 0.05) is 135 Å². The molecule has 4 fully saturated rings. The summed E-state index contributed by atoms with van der Waals surface area (Å²) < 4.78 is 46.8. The van der Waals surface area contributed by atoms with Gasteiger partial charge in [0.15, 0.2) is 66.6 Å². The smallest absolute Gasteiger partial charge is 0.192 e. The second-order valence-electron chi connectivity index (χ2n) is 33.8. The van der Waals surface area contributed by atoms with Gasteiger partial charge in [-0.2, -0.15) is 0 Å². The number of thiazole rings is 4. The maximum Gasteiger partial charge on any atom is 0.192 e. The zero-order valence-corrected chi connectivity index (χ0v) is 88.2. The highest BCUT2D eigenvalue weighted by Crippen LogP contribution is 2.47. The summed E-state index contributed by atoms with van der Waals surface area (Å²) in [6, 6.07) is 31.1. The molecule has 38 heteroatoms. The van der Waals surface area contributed by atoms with Crippen molar-refractivity contribution in [3.05, 3.63) is 156 Å². The molecule has 4 aromatic carbocycles.